The maximum absolute atomic E-state index is 12.1. The summed E-state index contributed by atoms with van der Waals surface area (Å²) in [5.74, 6) is -0.411. The molecule has 2 amide bonds. The monoisotopic (exact) mass is 349 g/mol. The van der Waals surface area contributed by atoms with Crippen molar-refractivity contribution in [3.05, 3.63) is 66.2 Å². The first-order valence-corrected chi connectivity index (χ1v) is 8.80. The van der Waals surface area contributed by atoms with Gasteiger partial charge in [-0.2, -0.15) is 0 Å². The Kier molecular flexibility index (Phi) is 5.69. The highest BCUT2D eigenvalue weighted by molar-refractivity contribution is 6.02. The van der Waals surface area contributed by atoms with Gasteiger partial charge in [-0.05, 0) is 42.7 Å². The summed E-state index contributed by atoms with van der Waals surface area (Å²) in [6.45, 7) is 1.58. The number of carbonyl (C=O) groups excluding carboxylic acids is 2. The van der Waals surface area contributed by atoms with Crippen LogP contribution in [-0.2, 0) is 9.59 Å². The van der Waals surface area contributed by atoms with E-state index in [1.54, 1.807) is 6.08 Å². The SMILES string of the molecule is NC(=O)C1CCN(c2cccc(NC(=O)C=Cc3ccccc3)c2)CC1. The molecule has 26 heavy (non-hydrogen) atoms. The molecular formula is C21H23N3O2. The van der Waals surface area contributed by atoms with Crippen molar-refractivity contribution >= 4 is 29.3 Å². The Morgan fingerprint density at radius 3 is 2.46 bits per heavy atom. The van der Waals surface area contributed by atoms with Gasteiger partial charge in [0.05, 0.1) is 0 Å². The van der Waals surface area contributed by atoms with Crippen LogP contribution < -0.4 is 16.0 Å². The van der Waals surface area contributed by atoms with Crippen LogP contribution in [0.15, 0.2) is 60.7 Å². The minimum absolute atomic E-state index is 0.0303. The van der Waals surface area contributed by atoms with Crippen molar-refractivity contribution in [2.24, 2.45) is 11.7 Å². The summed E-state index contributed by atoms with van der Waals surface area (Å²) in [5.41, 5.74) is 8.16. The summed E-state index contributed by atoms with van der Waals surface area (Å²) in [6.07, 6.45) is 4.85. The summed E-state index contributed by atoms with van der Waals surface area (Å²) >= 11 is 0. The third-order valence-electron chi connectivity index (χ3n) is 4.60. The lowest BCUT2D eigenvalue weighted by atomic mass is 9.96. The van der Waals surface area contributed by atoms with Gasteiger partial charge in [0.25, 0.3) is 0 Å². The molecule has 0 aliphatic carbocycles. The first-order chi connectivity index (χ1) is 12.6. The van der Waals surface area contributed by atoms with Crippen LogP contribution in [-0.4, -0.2) is 24.9 Å². The first kappa shape index (κ1) is 17.7. The highest BCUT2D eigenvalue weighted by Crippen LogP contribution is 2.25. The van der Waals surface area contributed by atoms with Crippen molar-refractivity contribution in [2.75, 3.05) is 23.3 Å². The Hall–Kier alpha value is -3.08. The average Bonchev–Trinajstić information content (AvgIpc) is 2.67. The lowest BCUT2D eigenvalue weighted by molar-refractivity contribution is -0.122. The maximum Gasteiger partial charge on any atom is 0.248 e. The Bertz CT molecular complexity index is 794. The first-order valence-electron chi connectivity index (χ1n) is 8.80. The second kappa shape index (κ2) is 8.34. The van der Waals surface area contributed by atoms with Gasteiger partial charge in [0.15, 0.2) is 0 Å². The molecule has 0 bridgehead atoms. The normalized spacial score (nSPS) is 15.2. The number of nitrogens with one attached hydrogen (secondary N) is 1. The van der Waals surface area contributed by atoms with Crippen molar-refractivity contribution in [3.63, 3.8) is 0 Å². The molecule has 2 aromatic carbocycles. The Labute approximate surface area is 153 Å². The number of piperidine rings is 1. The molecule has 134 valence electrons. The fourth-order valence-electron chi connectivity index (χ4n) is 3.12. The third-order valence-corrected chi connectivity index (χ3v) is 4.60. The number of hydrogen-bond acceptors (Lipinski definition) is 3. The van der Waals surface area contributed by atoms with Gasteiger partial charge >= 0.3 is 0 Å². The molecule has 0 spiro atoms. The Balaban J connectivity index is 1.60. The van der Waals surface area contributed by atoms with Gasteiger partial charge < -0.3 is 16.0 Å². The number of amides is 2. The standard InChI is InChI=1S/C21H23N3O2/c22-21(26)17-11-13-24(14-12-17)19-8-4-7-18(15-19)23-20(25)10-9-16-5-2-1-3-6-16/h1-10,15,17H,11-14H2,(H2,22,26)(H,23,25). The van der Waals surface area contributed by atoms with E-state index in [1.165, 1.54) is 6.08 Å². The minimum atomic E-state index is -0.212. The van der Waals surface area contributed by atoms with Crippen molar-refractivity contribution in [1.82, 2.24) is 0 Å². The number of anilines is 2. The van der Waals surface area contributed by atoms with Crippen LogP contribution in [0.3, 0.4) is 0 Å². The molecule has 0 aromatic heterocycles. The minimum Gasteiger partial charge on any atom is -0.371 e. The van der Waals surface area contributed by atoms with Crippen molar-refractivity contribution < 1.29 is 9.59 Å². The van der Waals surface area contributed by atoms with Crippen molar-refractivity contribution in [3.8, 4) is 0 Å². The highest BCUT2D eigenvalue weighted by atomic mass is 16.1. The molecule has 1 fully saturated rings. The van der Waals surface area contributed by atoms with E-state index in [0.717, 1.165) is 42.9 Å². The number of benzene rings is 2. The molecule has 0 atom stereocenters. The van der Waals surface area contributed by atoms with Crippen molar-refractivity contribution in [1.29, 1.82) is 0 Å². The number of carbonyl (C=O) groups is 2. The summed E-state index contributed by atoms with van der Waals surface area (Å²) < 4.78 is 0. The molecule has 1 aliphatic heterocycles. The number of nitrogens with two attached hydrogens (primary N) is 1. The van der Waals surface area contributed by atoms with Crippen LogP contribution in [0, 0.1) is 5.92 Å². The second-order valence-corrected chi connectivity index (χ2v) is 6.45. The third kappa shape index (κ3) is 4.72. The van der Waals surface area contributed by atoms with E-state index >= 15 is 0 Å². The topological polar surface area (TPSA) is 75.4 Å². The van der Waals surface area contributed by atoms with E-state index in [1.807, 2.05) is 54.6 Å². The average molecular weight is 349 g/mol. The Morgan fingerprint density at radius 1 is 1.04 bits per heavy atom. The van der Waals surface area contributed by atoms with Gasteiger partial charge in [0, 0.05) is 36.5 Å². The van der Waals surface area contributed by atoms with Gasteiger partial charge in [0.1, 0.15) is 0 Å². The largest absolute Gasteiger partial charge is 0.371 e. The molecule has 0 saturated carbocycles. The van der Waals surface area contributed by atoms with Gasteiger partial charge in [-0.3, -0.25) is 9.59 Å². The number of rotatable bonds is 5. The van der Waals surface area contributed by atoms with Crippen LogP contribution in [0.1, 0.15) is 18.4 Å². The van der Waals surface area contributed by atoms with Gasteiger partial charge in [-0.25, -0.2) is 0 Å². The summed E-state index contributed by atoms with van der Waals surface area (Å²) in [4.78, 5) is 25.6. The Morgan fingerprint density at radius 2 is 1.77 bits per heavy atom. The van der Waals surface area contributed by atoms with Crippen LogP contribution in [0.2, 0.25) is 0 Å². The predicted octanol–water partition coefficient (Wildman–Crippen LogP) is 3.04. The van der Waals surface area contributed by atoms with Gasteiger partial charge in [0.2, 0.25) is 11.8 Å². The quantitative estimate of drug-likeness (QED) is 0.815. The number of nitrogens with zero attached hydrogens (tertiary/aromatic N) is 1. The van der Waals surface area contributed by atoms with E-state index < -0.39 is 0 Å². The van der Waals surface area contributed by atoms with Gasteiger partial charge in [-0.15, -0.1) is 0 Å². The molecule has 1 heterocycles. The fourth-order valence-corrected chi connectivity index (χ4v) is 3.12. The number of primary amides is 1. The van der Waals surface area contributed by atoms with E-state index in [4.69, 9.17) is 5.73 Å². The maximum atomic E-state index is 12.1. The van der Waals surface area contributed by atoms with Crippen LogP contribution in [0.25, 0.3) is 6.08 Å². The summed E-state index contributed by atoms with van der Waals surface area (Å²) in [6, 6.07) is 17.5. The van der Waals surface area contributed by atoms with Crippen LogP contribution in [0.4, 0.5) is 11.4 Å². The zero-order valence-corrected chi connectivity index (χ0v) is 14.6. The number of hydrogen-bond donors (Lipinski definition) is 2. The van der Waals surface area contributed by atoms with E-state index in [0.29, 0.717) is 0 Å². The second-order valence-electron chi connectivity index (χ2n) is 6.45. The molecule has 3 N–H and O–H groups in total. The summed E-state index contributed by atoms with van der Waals surface area (Å²) in [5, 5.41) is 2.89. The smallest absolute Gasteiger partial charge is 0.248 e. The molecule has 5 heteroatoms. The van der Waals surface area contributed by atoms with Crippen molar-refractivity contribution in [2.45, 2.75) is 12.8 Å². The molecule has 1 saturated heterocycles. The zero-order chi connectivity index (χ0) is 18.4. The van der Waals surface area contributed by atoms with E-state index in [9.17, 15) is 9.59 Å². The molecule has 3 rings (SSSR count). The molecular weight excluding hydrogens is 326 g/mol. The van der Waals surface area contributed by atoms with Gasteiger partial charge in [-0.1, -0.05) is 36.4 Å². The lowest BCUT2D eigenvalue weighted by Crippen LogP contribution is -2.38. The predicted molar refractivity (Wildman–Crippen MR) is 105 cm³/mol. The highest BCUT2D eigenvalue weighted by Gasteiger charge is 2.23. The van der Waals surface area contributed by atoms with E-state index in [2.05, 4.69) is 10.2 Å². The van der Waals surface area contributed by atoms with Crippen LogP contribution >= 0.6 is 0 Å². The van der Waals surface area contributed by atoms with Crippen LogP contribution in [0.5, 0.6) is 0 Å². The molecule has 5 nitrogen and oxygen atoms in total. The fraction of sp³-hybridized carbons (Fsp3) is 0.238. The van der Waals surface area contributed by atoms with E-state index in [-0.39, 0.29) is 17.7 Å². The molecule has 1 aliphatic rings. The molecule has 0 unspecified atom stereocenters. The molecule has 0 radical (unpaired) electrons. The zero-order valence-electron chi connectivity index (χ0n) is 14.6. The lowest BCUT2D eigenvalue weighted by Gasteiger charge is -2.32. The molecule has 2 aromatic rings. The summed E-state index contributed by atoms with van der Waals surface area (Å²) in [7, 11) is 0.